The Morgan fingerprint density at radius 3 is 2.59 bits per heavy atom. The number of carbonyl (C=O) groups is 3. The molecule has 0 aromatic carbocycles. The number of thioether (sulfide) groups is 1. The molecule has 1 aliphatic rings. The first-order valence-corrected chi connectivity index (χ1v) is 7.70. The van der Waals surface area contributed by atoms with Crippen molar-refractivity contribution in [3.8, 4) is 0 Å². The van der Waals surface area contributed by atoms with Crippen LogP contribution in [0.15, 0.2) is 11.0 Å². The van der Waals surface area contributed by atoms with Crippen LogP contribution in [0, 0.1) is 13.8 Å². The van der Waals surface area contributed by atoms with Gasteiger partial charge >= 0.3 is 5.97 Å². The van der Waals surface area contributed by atoms with E-state index in [1.807, 2.05) is 31.5 Å². The van der Waals surface area contributed by atoms with Crippen molar-refractivity contribution < 1.29 is 19.1 Å². The van der Waals surface area contributed by atoms with Crippen molar-refractivity contribution >= 4 is 35.0 Å². The second kappa shape index (κ2) is 6.39. The maximum absolute atomic E-state index is 12.3. The zero-order valence-corrected chi connectivity index (χ0v) is 13.8. The number of hydrogen-bond donors (Lipinski definition) is 0. The van der Waals surface area contributed by atoms with Gasteiger partial charge in [-0.2, -0.15) is 0 Å². The topological polar surface area (TPSA) is 68.6 Å². The monoisotopic (exact) mass is 322 g/mol. The van der Waals surface area contributed by atoms with Crippen molar-refractivity contribution in [1.82, 2.24) is 9.47 Å². The molecule has 1 saturated heterocycles. The average Bonchev–Trinajstić information content (AvgIpc) is 2.85. The SMILES string of the molecule is CCOC(=O)CN1C(=O)SC(=Cc2cc(C)n(C)c2C)C1=O. The van der Waals surface area contributed by atoms with Crippen molar-refractivity contribution in [3.05, 3.63) is 27.9 Å². The second-order valence-electron chi connectivity index (χ2n) is 4.96. The van der Waals surface area contributed by atoms with Gasteiger partial charge in [-0.05, 0) is 50.2 Å². The lowest BCUT2D eigenvalue weighted by atomic mass is 10.2. The van der Waals surface area contributed by atoms with E-state index in [1.54, 1.807) is 13.0 Å². The van der Waals surface area contributed by atoms with Crippen LogP contribution in [-0.2, 0) is 21.4 Å². The third kappa shape index (κ3) is 3.09. The van der Waals surface area contributed by atoms with Gasteiger partial charge in [0.05, 0.1) is 11.5 Å². The molecule has 1 aromatic rings. The van der Waals surface area contributed by atoms with E-state index in [0.717, 1.165) is 33.6 Å². The molecule has 0 radical (unpaired) electrons. The van der Waals surface area contributed by atoms with Crippen LogP contribution in [0.25, 0.3) is 6.08 Å². The smallest absolute Gasteiger partial charge is 0.326 e. The Morgan fingerprint density at radius 1 is 1.36 bits per heavy atom. The molecule has 6 nitrogen and oxygen atoms in total. The van der Waals surface area contributed by atoms with Crippen LogP contribution in [0.2, 0.25) is 0 Å². The number of ether oxygens (including phenoxy) is 1. The Morgan fingerprint density at radius 2 is 2.05 bits per heavy atom. The van der Waals surface area contributed by atoms with Crippen LogP contribution in [0.3, 0.4) is 0 Å². The Bertz CT molecular complexity index is 675. The Balaban J connectivity index is 2.22. The molecular weight excluding hydrogens is 304 g/mol. The molecule has 0 unspecified atom stereocenters. The third-order valence-electron chi connectivity index (χ3n) is 3.57. The van der Waals surface area contributed by atoms with Crippen molar-refractivity contribution in [2.75, 3.05) is 13.2 Å². The normalized spacial score (nSPS) is 16.7. The van der Waals surface area contributed by atoms with Gasteiger partial charge in [-0.25, -0.2) is 0 Å². The lowest BCUT2D eigenvalue weighted by Gasteiger charge is -2.10. The summed E-state index contributed by atoms with van der Waals surface area (Å²) in [6, 6.07) is 1.95. The van der Waals surface area contributed by atoms with Gasteiger partial charge in [-0.3, -0.25) is 19.3 Å². The van der Waals surface area contributed by atoms with Crippen LogP contribution in [0.1, 0.15) is 23.9 Å². The van der Waals surface area contributed by atoms with Gasteiger partial charge in [0.25, 0.3) is 11.1 Å². The minimum atomic E-state index is -0.585. The predicted octanol–water partition coefficient (Wildman–Crippen LogP) is 2.24. The van der Waals surface area contributed by atoms with Gasteiger partial charge in [0.2, 0.25) is 0 Å². The van der Waals surface area contributed by atoms with E-state index in [4.69, 9.17) is 4.74 Å². The van der Waals surface area contributed by atoms with E-state index in [1.165, 1.54) is 0 Å². The number of amides is 2. The summed E-state index contributed by atoms with van der Waals surface area (Å²) in [4.78, 5) is 36.9. The highest BCUT2D eigenvalue weighted by atomic mass is 32.2. The molecule has 0 spiro atoms. The summed E-state index contributed by atoms with van der Waals surface area (Å²) in [5.41, 5.74) is 2.96. The quantitative estimate of drug-likeness (QED) is 0.628. The van der Waals surface area contributed by atoms with Gasteiger partial charge in [-0.1, -0.05) is 0 Å². The Hall–Kier alpha value is -2.02. The van der Waals surface area contributed by atoms with Gasteiger partial charge in [-0.15, -0.1) is 0 Å². The molecule has 22 heavy (non-hydrogen) atoms. The Labute approximate surface area is 133 Å². The molecule has 1 fully saturated rings. The summed E-state index contributed by atoms with van der Waals surface area (Å²) in [5, 5.41) is -0.449. The van der Waals surface area contributed by atoms with Crippen LogP contribution in [0.4, 0.5) is 4.79 Å². The van der Waals surface area contributed by atoms with Gasteiger partial charge in [0, 0.05) is 18.4 Å². The first kappa shape index (κ1) is 16.4. The molecule has 2 amide bonds. The minimum absolute atomic E-state index is 0.216. The fourth-order valence-corrected chi connectivity index (χ4v) is 2.97. The third-order valence-corrected chi connectivity index (χ3v) is 4.47. The van der Waals surface area contributed by atoms with E-state index < -0.39 is 17.1 Å². The highest BCUT2D eigenvalue weighted by Gasteiger charge is 2.36. The number of imide groups is 1. The number of rotatable bonds is 4. The molecule has 1 aliphatic heterocycles. The van der Waals surface area contributed by atoms with Crippen LogP contribution >= 0.6 is 11.8 Å². The molecule has 2 rings (SSSR count). The number of nitrogens with zero attached hydrogens (tertiary/aromatic N) is 2. The van der Waals surface area contributed by atoms with Gasteiger partial charge < -0.3 is 9.30 Å². The summed E-state index contributed by atoms with van der Waals surface area (Å²) in [6.45, 7) is 5.46. The lowest BCUT2D eigenvalue weighted by Crippen LogP contribution is -2.34. The molecule has 118 valence electrons. The fraction of sp³-hybridized carbons (Fsp3) is 0.400. The predicted molar refractivity (Wildman–Crippen MR) is 84.2 cm³/mol. The Kier molecular flexibility index (Phi) is 4.75. The second-order valence-corrected chi connectivity index (χ2v) is 5.95. The van der Waals surface area contributed by atoms with Crippen LogP contribution < -0.4 is 0 Å². The average molecular weight is 322 g/mol. The zero-order chi connectivity index (χ0) is 16.4. The first-order chi connectivity index (χ1) is 10.3. The molecule has 0 bridgehead atoms. The van der Waals surface area contributed by atoms with Crippen LogP contribution in [-0.4, -0.2) is 39.7 Å². The molecule has 0 saturated carbocycles. The number of aryl methyl sites for hydroxylation is 1. The van der Waals surface area contributed by atoms with Gasteiger partial charge in [0.15, 0.2) is 0 Å². The lowest BCUT2D eigenvalue weighted by molar-refractivity contribution is -0.145. The van der Waals surface area contributed by atoms with Crippen molar-refractivity contribution in [1.29, 1.82) is 0 Å². The number of aromatic nitrogens is 1. The molecule has 1 aromatic heterocycles. The van der Waals surface area contributed by atoms with E-state index in [2.05, 4.69) is 0 Å². The van der Waals surface area contributed by atoms with Gasteiger partial charge in [0.1, 0.15) is 6.54 Å². The molecule has 0 aliphatic carbocycles. The summed E-state index contributed by atoms with van der Waals surface area (Å²) in [6.07, 6.45) is 1.69. The van der Waals surface area contributed by atoms with E-state index >= 15 is 0 Å². The highest BCUT2D eigenvalue weighted by Crippen LogP contribution is 2.33. The summed E-state index contributed by atoms with van der Waals surface area (Å²) < 4.78 is 6.78. The maximum Gasteiger partial charge on any atom is 0.326 e. The number of carbonyl (C=O) groups excluding carboxylic acids is 3. The molecule has 2 heterocycles. The molecule has 7 heteroatoms. The first-order valence-electron chi connectivity index (χ1n) is 6.89. The number of esters is 1. The fourth-order valence-electron chi connectivity index (χ4n) is 2.14. The van der Waals surface area contributed by atoms with Crippen LogP contribution in [0.5, 0.6) is 0 Å². The summed E-state index contributed by atoms with van der Waals surface area (Å²) in [7, 11) is 1.94. The highest BCUT2D eigenvalue weighted by molar-refractivity contribution is 8.18. The minimum Gasteiger partial charge on any atom is -0.465 e. The maximum atomic E-state index is 12.3. The van der Waals surface area contributed by atoms with Crippen molar-refractivity contribution in [2.24, 2.45) is 7.05 Å². The van der Waals surface area contributed by atoms with Crippen molar-refractivity contribution in [2.45, 2.75) is 20.8 Å². The largest absolute Gasteiger partial charge is 0.465 e. The summed E-state index contributed by atoms with van der Waals surface area (Å²) >= 11 is 0.842. The molecule has 0 atom stereocenters. The number of hydrogen-bond acceptors (Lipinski definition) is 5. The standard InChI is InChI=1S/C15H18N2O4S/c1-5-21-13(18)8-17-14(19)12(22-15(17)20)7-11-6-9(2)16(4)10(11)3/h6-7H,5,8H2,1-4H3. The molecular formula is C15H18N2O4S. The zero-order valence-electron chi connectivity index (χ0n) is 13.0. The van der Waals surface area contributed by atoms with E-state index in [9.17, 15) is 14.4 Å². The molecule has 0 N–H and O–H groups in total. The van der Waals surface area contributed by atoms with Crippen molar-refractivity contribution in [3.63, 3.8) is 0 Å². The van der Waals surface area contributed by atoms with E-state index in [-0.39, 0.29) is 13.2 Å². The van der Waals surface area contributed by atoms with E-state index in [0.29, 0.717) is 4.91 Å². The summed E-state index contributed by atoms with van der Waals surface area (Å²) in [5.74, 6) is -1.04.